The van der Waals surface area contributed by atoms with Gasteiger partial charge in [-0.1, -0.05) is 57.6 Å². The molecule has 0 spiro atoms. The summed E-state index contributed by atoms with van der Waals surface area (Å²) in [7, 11) is 0. The van der Waals surface area contributed by atoms with Gasteiger partial charge >= 0.3 is 0 Å². The van der Waals surface area contributed by atoms with E-state index in [4.69, 9.17) is 4.42 Å². The van der Waals surface area contributed by atoms with Crippen molar-refractivity contribution in [2.75, 3.05) is 0 Å². The summed E-state index contributed by atoms with van der Waals surface area (Å²) in [6.45, 7) is 0. The SMILES string of the molecule is Brc1ccc(-c2nn3c(-c4cc5ccccc5o4)nnc3s2)cc1. The Morgan fingerprint density at radius 2 is 1.83 bits per heavy atom. The van der Waals surface area contributed by atoms with E-state index >= 15 is 0 Å². The van der Waals surface area contributed by atoms with E-state index < -0.39 is 0 Å². The highest BCUT2D eigenvalue weighted by atomic mass is 79.9. The van der Waals surface area contributed by atoms with Gasteiger partial charge in [-0.05, 0) is 24.3 Å². The maximum atomic E-state index is 5.89. The lowest BCUT2D eigenvalue weighted by Crippen LogP contribution is -1.89. The fourth-order valence-electron chi connectivity index (χ4n) is 2.57. The standard InChI is InChI=1S/C17H9BrN4OS/c18-12-7-5-10(6-8-12)16-21-22-15(19-20-17(22)24-16)14-9-11-3-1-2-4-13(11)23-14/h1-9H. The average molecular weight is 397 g/mol. The summed E-state index contributed by atoms with van der Waals surface area (Å²) in [6, 6.07) is 17.9. The molecular formula is C17H9BrN4OS. The van der Waals surface area contributed by atoms with Gasteiger partial charge < -0.3 is 4.42 Å². The van der Waals surface area contributed by atoms with Crippen LogP contribution in [0.3, 0.4) is 0 Å². The zero-order valence-electron chi connectivity index (χ0n) is 12.2. The molecule has 3 heterocycles. The van der Waals surface area contributed by atoms with Crippen LogP contribution in [0.15, 0.2) is 63.5 Å². The van der Waals surface area contributed by atoms with Gasteiger partial charge in [0.15, 0.2) is 5.76 Å². The van der Waals surface area contributed by atoms with Crippen molar-refractivity contribution in [1.29, 1.82) is 0 Å². The number of fused-ring (bicyclic) bond motifs is 2. The maximum Gasteiger partial charge on any atom is 0.235 e. The second-order valence-corrected chi connectivity index (χ2v) is 7.15. The van der Waals surface area contributed by atoms with Gasteiger partial charge in [0.2, 0.25) is 10.8 Å². The zero-order chi connectivity index (χ0) is 16.1. The smallest absolute Gasteiger partial charge is 0.235 e. The van der Waals surface area contributed by atoms with Gasteiger partial charge in [0.1, 0.15) is 10.6 Å². The molecule has 116 valence electrons. The molecule has 0 aliphatic heterocycles. The molecule has 0 saturated carbocycles. The first-order valence-electron chi connectivity index (χ1n) is 7.25. The monoisotopic (exact) mass is 396 g/mol. The molecule has 2 aromatic carbocycles. The van der Waals surface area contributed by atoms with Gasteiger partial charge in [-0.3, -0.25) is 0 Å². The maximum absolute atomic E-state index is 5.89. The van der Waals surface area contributed by atoms with Gasteiger partial charge in [-0.25, -0.2) is 0 Å². The Bertz CT molecular complexity index is 1140. The van der Waals surface area contributed by atoms with E-state index in [0.29, 0.717) is 11.6 Å². The Balaban J connectivity index is 1.65. The molecule has 5 aromatic rings. The summed E-state index contributed by atoms with van der Waals surface area (Å²) in [5.41, 5.74) is 1.87. The first kappa shape index (κ1) is 13.9. The van der Waals surface area contributed by atoms with Crippen molar-refractivity contribution in [2.24, 2.45) is 0 Å². The minimum absolute atomic E-state index is 0.612. The Morgan fingerprint density at radius 3 is 2.67 bits per heavy atom. The van der Waals surface area contributed by atoms with Crippen LogP contribution in [-0.4, -0.2) is 19.8 Å². The number of halogens is 1. The van der Waals surface area contributed by atoms with Crippen molar-refractivity contribution >= 4 is 43.2 Å². The summed E-state index contributed by atoms with van der Waals surface area (Å²) in [4.78, 5) is 0.739. The lowest BCUT2D eigenvalue weighted by Gasteiger charge is -1.95. The lowest BCUT2D eigenvalue weighted by atomic mass is 10.2. The molecule has 0 atom stereocenters. The minimum Gasteiger partial charge on any atom is -0.453 e. The van der Waals surface area contributed by atoms with E-state index in [-0.39, 0.29) is 0 Å². The van der Waals surface area contributed by atoms with Crippen molar-refractivity contribution in [2.45, 2.75) is 0 Å². The van der Waals surface area contributed by atoms with Crippen molar-refractivity contribution in [1.82, 2.24) is 19.8 Å². The van der Waals surface area contributed by atoms with Crippen molar-refractivity contribution < 1.29 is 4.42 Å². The highest BCUT2D eigenvalue weighted by Crippen LogP contribution is 2.31. The van der Waals surface area contributed by atoms with Crippen LogP contribution in [0.5, 0.6) is 0 Å². The molecule has 5 nitrogen and oxygen atoms in total. The van der Waals surface area contributed by atoms with Crippen LogP contribution in [0.2, 0.25) is 0 Å². The topological polar surface area (TPSA) is 56.2 Å². The van der Waals surface area contributed by atoms with Crippen LogP contribution in [0, 0.1) is 0 Å². The molecule has 0 bridgehead atoms. The number of benzene rings is 2. The van der Waals surface area contributed by atoms with Crippen LogP contribution in [0.25, 0.3) is 38.1 Å². The van der Waals surface area contributed by atoms with Crippen molar-refractivity contribution in [3.63, 3.8) is 0 Å². The number of aromatic nitrogens is 4. The molecule has 5 rings (SSSR count). The fourth-order valence-corrected chi connectivity index (χ4v) is 3.68. The lowest BCUT2D eigenvalue weighted by molar-refractivity contribution is 0.622. The third-order valence-corrected chi connectivity index (χ3v) is 5.20. The normalized spacial score (nSPS) is 11.5. The first-order chi connectivity index (χ1) is 11.8. The second kappa shape index (κ2) is 5.25. The van der Waals surface area contributed by atoms with Crippen molar-refractivity contribution in [3.8, 4) is 22.2 Å². The fraction of sp³-hybridized carbons (Fsp3) is 0. The average Bonchev–Trinajstić information content (AvgIpc) is 3.28. The number of furan rings is 1. The number of rotatable bonds is 2. The number of nitrogens with zero attached hydrogens (tertiary/aromatic N) is 4. The van der Waals surface area contributed by atoms with E-state index in [0.717, 1.165) is 31.0 Å². The quantitative estimate of drug-likeness (QED) is 0.419. The van der Waals surface area contributed by atoms with Crippen LogP contribution >= 0.6 is 27.3 Å². The third kappa shape index (κ3) is 2.16. The van der Waals surface area contributed by atoms with Gasteiger partial charge in [0.05, 0.1) is 0 Å². The Labute approximate surface area is 148 Å². The van der Waals surface area contributed by atoms with E-state index in [2.05, 4.69) is 31.2 Å². The van der Waals surface area contributed by atoms with Crippen LogP contribution in [-0.2, 0) is 0 Å². The second-order valence-electron chi connectivity index (χ2n) is 5.28. The summed E-state index contributed by atoms with van der Waals surface area (Å²) in [6.07, 6.45) is 0. The number of hydrogen-bond donors (Lipinski definition) is 0. The minimum atomic E-state index is 0.612. The van der Waals surface area contributed by atoms with Crippen LogP contribution in [0.1, 0.15) is 0 Å². The van der Waals surface area contributed by atoms with Gasteiger partial charge in [0, 0.05) is 15.4 Å². The Kier molecular flexibility index (Phi) is 3.04. The zero-order valence-corrected chi connectivity index (χ0v) is 14.6. The summed E-state index contributed by atoms with van der Waals surface area (Å²) in [5, 5.41) is 15.0. The summed E-state index contributed by atoms with van der Waals surface area (Å²) in [5.74, 6) is 1.28. The highest BCUT2D eigenvalue weighted by Gasteiger charge is 2.17. The molecule has 0 N–H and O–H groups in total. The molecule has 0 saturated heterocycles. The van der Waals surface area contributed by atoms with Crippen LogP contribution < -0.4 is 0 Å². The van der Waals surface area contributed by atoms with Crippen LogP contribution in [0.4, 0.5) is 0 Å². The molecule has 24 heavy (non-hydrogen) atoms. The Morgan fingerprint density at radius 1 is 1.00 bits per heavy atom. The predicted octanol–water partition coefficient (Wildman–Crippen LogP) is 5.03. The third-order valence-electron chi connectivity index (χ3n) is 3.73. The summed E-state index contributed by atoms with van der Waals surface area (Å²) >= 11 is 4.95. The highest BCUT2D eigenvalue weighted by molar-refractivity contribution is 9.10. The number of hydrogen-bond acceptors (Lipinski definition) is 5. The molecular weight excluding hydrogens is 388 g/mol. The largest absolute Gasteiger partial charge is 0.453 e. The van der Waals surface area contributed by atoms with Gasteiger partial charge in [-0.15, -0.1) is 10.2 Å². The van der Waals surface area contributed by atoms with Gasteiger partial charge in [-0.2, -0.15) is 9.61 Å². The van der Waals surface area contributed by atoms with E-state index in [9.17, 15) is 0 Å². The van der Waals surface area contributed by atoms with E-state index in [1.165, 1.54) is 11.3 Å². The van der Waals surface area contributed by atoms with E-state index in [1.54, 1.807) is 4.52 Å². The summed E-state index contributed by atoms with van der Waals surface area (Å²) < 4.78 is 8.66. The van der Waals surface area contributed by atoms with E-state index in [1.807, 2.05) is 54.6 Å². The molecule has 0 fully saturated rings. The molecule has 0 aliphatic rings. The van der Waals surface area contributed by atoms with Gasteiger partial charge in [0.25, 0.3) is 0 Å². The molecule has 0 unspecified atom stereocenters. The molecule has 0 radical (unpaired) electrons. The molecule has 7 heteroatoms. The van der Waals surface area contributed by atoms with Crippen molar-refractivity contribution in [3.05, 3.63) is 59.1 Å². The molecule has 3 aromatic heterocycles. The predicted molar refractivity (Wildman–Crippen MR) is 97.0 cm³/mol. The Hall–Kier alpha value is -2.51. The molecule has 0 aliphatic carbocycles. The molecule has 0 amide bonds. The first-order valence-corrected chi connectivity index (χ1v) is 8.86. The number of para-hydroxylation sites is 1.